The first-order chi connectivity index (χ1) is 8.95. The van der Waals surface area contributed by atoms with Crippen LogP contribution in [0, 0.1) is 6.92 Å². The third-order valence-corrected chi connectivity index (χ3v) is 4.29. The molecule has 0 aliphatic heterocycles. The number of hydrazone groups is 1. The average molecular weight is 295 g/mol. The van der Waals surface area contributed by atoms with Crippen molar-refractivity contribution < 1.29 is 8.42 Å². The predicted octanol–water partition coefficient (Wildman–Crippen LogP) is 2.30. The number of aromatic nitrogens is 1. The summed E-state index contributed by atoms with van der Waals surface area (Å²) in [6.07, 6.45) is 2.80. The zero-order valence-electron chi connectivity index (χ0n) is 10.5. The number of benzene rings is 1. The van der Waals surface area contributed by atoms with Gasteiger partial charge in [-0.05, 0) is 24.6 Å². The summed E-state index contributed by atoms with van der Waals surface area (Å²) in [6.45, 7) is 1.91. The van der Waals surface area contributed by atoms with E-state index < -0.39 is 9.84 Å². The van der Waals surface area contributed by atoms with Gasteiger partial charge in [0.15, 0.2) is 9.84 Å². The van der Waals surface area contributed by atoms with E-state index in [4.69, 9.17) is 0 Å². The second-order valence-corrected chi connectivity index (χ2v) is 6.88. The number of anilines is 1. The average Bonchev–Trinajstić information content (AvgIpc) is 2.75. The molecule has 0 fully saturated rings. The topological polar surface area (TPSA) is 71.4 Å². The van der Waals surface area contributed by atoms with E-state index in [1.54, 1.807) is 30.5 Å². The van der Waals surface area contributed by atoms with E-state index in [0.29, 0.717) is 4.90 Å². The van der Waals surface area contributed by atoms with Gasteiger partial charge in [0.2, 0.25) is 5.13 Å². The van der Waals surface area contributed by atoms with Crippen LogP contribution in [0.5, 0.6) is 0 Å². The third kappa shape index (κ3) is 3.87. The molecule has 7 heteroatoms. The van der Waals surface area contributed by atoms with Crippen molar-refractivity contribution in [2.75, 3.05) is 11.7 Å². The highest BCUT2D eigenvalue weighted by Gasteiger charge is 2.05. The summed E-state index contributed by atoms with van der Waals surface area (Å²) < 4.78 is 22.6. The Bertz CT molecular complexity index is 688. The van der Waals surface area contributed by atoms with Gasteiger partial charge in [0.1, 0.15) is 0 Å². The lowest BCUT2D eigenvalue weighted by molar-refractivity contribution is 0.602. The molecule has 0 amide bonds. The molecule has 0 aliphatic rings. The molecule has 0 bridgehead atoms. The Labute approximate surface area is 115 Å². The second kappa shape index (κ2) is 5.50. The molecule has 0 atom stereocenters. The molecule has 0 spiro atoms. The monoisotopic (exact) mass is 295 g/mol. The summed E-state index contributed by atoms with van der Waals surface area (Å²) in [5.41, 5.74) is 4.58. The van der Waals surface area contributed by atoms with Crippen LogP contribution in [-0.2, 0) is 9.84 Å². The SMILES string of the molecule is Cc1csc(NN=Cc2ccc(S(C)(=O)=O)cc2)n1. The number of nitrogens with one attached hydrogen (secondary N) is 1. The molecule has 1 aromatic heterocycles. The van der Waals surface area contributed by atoms with Gasteiger partial charge in [-0.25, -0.2) is 13.4 Å². The Morgan fingerprint density at radius 3 is 2.53 bits per heavy atom. The summed E-state index contributed by atoms with van der Waals surface area (Å²) >= 11 is 1.48. The maximum Gasteiger partial charge on any atom is 0.203 e. The Kier molecular flexibility index (Phi) is 3.96. The Morgan fingerprint density at radius 1 is 1.32 bits per heavy atom. The molecule has 0 aliphatic carbocycles. The molecule has 100 valence electrons. The number of nitrogens with zero attached hydrogens (tertiary/aromatic N) is 2. The van der Waals surface area contributed by atoms with E-state index in [9.17, 15) is 8.42 Å². The molecule has 1 aromatic carbocycles. The van der Waals surface area contributed by atoms with Gasteiger partial charge in [0.25, 0.3) is 0 Å². The van der Waals surface area contributed by atoms with Crippen LogP contribution in [0.25, 0.3) is 0 Å². The van der Waals surface area contributed by atoms with Crippen molar-refractivity contribution in [3.63, 3.8) is 0 Å². The molecule has 0 radical (unpaired) electrons. The van der Waals surface area contributed by atoms with E-state index in [2.05, 4.69) is 15.5 Å². The van der Waals surface area contributed by atoms with Gasteiger partial charge in [-0.15, -0.1) is 11.3 Å². The number of hydrogen-bond acceptors (Lipinski definition) is 6. The molecule has 5 nitrogen and oxygen atoms in total. The highest BCUT2D eigenvalue weighted by Crippen LogP contribution is 2.14. The highest BCUT2D eigenvalue weighted by atomic mass is 32.2. The lowest BCUT2D eigenvalue weighted by Crippen LogP contribution is -1.97. The van der Waals surface area contributed by atoms with Gasteiger partial charge in [0.05, 0.1) is 16.8 Å². The fourth-order valence-corrected chi connectivity index (χ4v) is 2.64. The third-order valence-electron chi connectivity index (χ3n) is 2.30. The van der Waals surface area contributed by atoms with Crippen molar-refractivity contribution in [1.82, 2.24) is 4.98 Å². The minimum Gasteiger partial charge on any atom is -0.253 e. The van der Waals surface area contributed by atoms with E-state index in [0.717, 1.165) is 16.4 Å². The molecule has 1 N–H and O–H groups in total. The van der Waals surface area contributed by atoms with Crippen molar-refractivity contribution in [1.29, 1.82) is 0 Å². The van der Waals surface area contributed by atoms with Crippen molar-refractivity contribution in [3.05, 3.63) is 40.9 Å². The number of hydrogen-bond donors (Lipinski definition) is 1. The largest absolute Gasteiger partial charge is 0.253 e. The fourth-order valence-electron chi connectivity index (χ4n) is 1.37. The molecule has 1 heterocycles. The summed E-state index contributed by atoms with van der Waals surface area (Å²) in [6, 6.07) is 6.53. The van der Waals surface area contributed by atoms with Gasteiger partial charge in [-0.1, -0.05) is 12.1 Å². The quantitative estimate of drug-likeness (QED) is 0.694. The van der Waals surface area contributed by atoms with E-state index in [1.807, 2.05) is 12.3 Å². The summed E-state index contributed by atoms with van der Waals surface area (Å²) in [4.78, 5) is 4.50. The van der Waals surface area contributed by atoms with E-state index in [-0.39, 0.29) is 0 Å². The van der Waals surface area contributed by atoms with Crippen LogP contribution >= 0.6 is 11.3 Å². The lowest BCUT2D eigenvalue weighted by Gasteiger charge is -1.98. The second-order valence-electron chi connectivity index (χ2n) is 4.01. The lowest BCUT2D eigenvalue weighted by atomic mass is 10.2. The van der Waals surface area contributed by atoms with Crippen LogP contribution < -0.4 is 5.43 Å². The number of thiazole rings is 1. The molecule has 19 heavy (non-hydrogen) atoms. The first-order valence-electron chi connectivity index (χ1n) is 5.46. The van der Waals surface area contributed by atoms with Crippen LogP contribution in [0.3, 0.4) is 0 Å². The van der Waals surface area contributed by atoms with Gasteiger partial charge in [-0.3, -0.25) is 5.43 Å². The molecular weight excluding hydrogens is 282 g/mol. The van der Waals surface area contributed by atoms with Crippen LogP contribution in [0.1, 0.15) is 11.3 Å². The van der Waals surface area contributed by atoms with Crippen molar-refractivity contribution in [2.24, 2.45) is 5.10 Å². The van der Waals surface area contributed by atoms with Crippen LogP contribution in [0.2, 0.25) is 0 Å². The van der Waals surface area contributed by atoms with Gasteiger partial charge in [-0.2, -0.15) is 5.10 Å². The zero-order chi connectivity index (χ0) is 13.9. The summed E-state index contributed by atoms with van der Waals surface area (Å²) in [7, 11) is -3.15. The van der Waals surface area contributed by atoms with Crippen molar-refractivity contribution >= 4 is 32.5 Å². The molecular formula is C12H13N3O2S2. The maximum absolute atomic E-state index is 11.3. The Balaban J connectivity index is 2.03. The summed E-state index contributed by atoms with van der Waals surface area (Å²) in [5.74, 6) is 0. The zero-order valence-corrected chi connectivity index (χ0v) is 12.1. The maximum atomic E-state index is 11.3. The Morgan fingerprint density at radius 2 is 2.00 bits per heavy atom. The number of rotatable bonds is 4. The molecule has 0 saturated heterocycles. The summed E-state index contributed by atoms with van der Waals surface area (Å²) in [5, 5.41) is 6.69. The minimum atomic E-state index is -3.15. The van der Waals surface area contributed by atoms with Crippen LogP contribution in [0.15, 0.2) is 39.6 Å². The van der Waals surface area contributed by atoms with Gasteiger partial charge >= 0.3 is 0 Å². The van der Waals surface area contributed by atoms with Crippen LogP contribution in [0.4, 0.5) is 5.13 Å². The smallest absolute Gasteiger partial charge is 0.203 e. The molecule has 2 rings (SSSR count). The van der Waals surface area contributed by atoms with Gasteiger partial charge in [0, 0.05) is 11.6 Å². The number of sulfone groups is 1. The predicted molar refractivity (Wildman–Crippen MR) is 77.6 cm³/mol. The van der Waals surface area contributed by atoms with E-state index in [1.165, 1.54) is 17.6 Å². The fraction of sp³-hybridized carbons (Fsp3) is 0.167. The van der Waals surface area contributed by atoms with E-state index >= 15 is 0 Å². The standard InChI is InChI=1S/C12H13N3O2S2/c1-9-8-18-12(14-9)15-13-7-10-3-5-11(6-4-10)19(2,16)17/h3-8H,1-2H3,(H,14,15). The Hall–Kier alpha value is -1.73. The first-order valence-corrected chi connectivity index (χ1v) is 8.23. The normalized spacial score (nSPS) is 11.9. The highest BCUT2D eigenvalue weighted by molar-refractivity contribution is 7.90. The first kappa shape index (κ1) is 13.7. The number of aryl methyl sites for hydroxylation is 1. The van der Waals surface area contributed by atoms with Crippen molar-refractivity contribution in [3.8, 4) is 0 Å². The van der Waals surface area contributed by atoms with Crippen LogP contribution in [-0.4, -0.2) is 25.9 Å². The molecule has 2 aromatic rings. The van der Waals surface area contributed by atoms with Gasteiger partial charge < -0.3 is 0 Å². The van der Waals surface area contributed by atoms with Crippen molar-refractivity contribution in [2.45, 2.75) is 11.8 Å². The molecule has 0 unspecified atom stereocenters. The molecule has 0 saturated carbocycles. The minimum absolute atomic E-state index is 0.299.